The summed E-state index contributed by atoms with van der Waals surface area (Å²) in [6.45, 7) is 6.05. The molecule has 6 heteroatoms. The SMILES string of the molecule is CC\C=C/C=C\C=C/C=C\C=C/CCCCCC(=O)OC(COC(=O)CCC\C=C/C=C\C=C/C=C\C=C/CC)COC(=O)CCCCC/C=C\C/C=C\C/C=C\C/C=C\CC. The van der Waals surface area contributed by atoms with Crippen molar-refractivity contribution in [2.75, 3.05) is 13.2 Å². The van der Waals surface area contributed by atoms with Crippen molar-refractivity contribution in [3.05, 3.63) is 170 Å². The lowest BCUT2D eigenvalue weighted by molar-refractivity contribution is -0.167. The van der Waals surface area contributed by atoms with Crippen LogP contribution in [-0.4, -0.2) is 37.2 Å². The molecule has 1 atom stereocenters. The van der Waals surface area contributed by atoms with Gasteiger partial charge in [-0.05, 0) is 89.9 Å². The highest BCUT2D eigenvalue weighted by Crippen LogP contribution is 2.10. The minimum absolute atomic E-state index is 0.145. The van der Waals surface area contributed by atoms with E-state index in [4.69, 9.17) is 14.2 Å². The van der Waals surface area contributed by atoms with Crippen molar-refractivity contribution in [2.24, 2.45) is 0 Å². The third-order valence-corrected chi connectivity index (χ3v) is 8.70. The Morgan fingerprint density at radius 2 is 0.677 bits per heavy atom. The molecule has 0 aliphatic heterocycles. The van der Waals surface area contributed by atoms with Gasteiger partial charge in [0.05, 0.1) is 0 Å². The molecule has 0 radical (unpaired) electrons. The van der Waals surface area contributed by atoms with Crippen LogP contribution in [0.1, 0.15) is 143 Å². The Morgan fingerprint density at radius 3 is 1.13 bits per heavy atom. The van der Waals surface area contributed by atoms with Crippen LogP contribution in [0.4, 0.5) is 0 Å². The fourth-order valence-electron chi connectivity index (χ4n) is 5.30. The zero-order valence-corrected chi connectivity index (χ0v) is 38.5. The second-order valence-electron chi connectivity index (χ2n) is 14.4. The molecule has 0 saturated heterocycles. The third-order valence-electron chi connectivity index (χ3n) is 8.70. The molecule has 0 aliphatic carbocycles. The number of unbranched alkanes of at least 4 members (excludes halogenated alkanes) is 7. The molecular weight excluding hydrogens is 769 g/mol. The molecule has 0 bridgehead atoms. The van der Waals surface area contributed by atoms with Gasteiger partial charge in [-0.25, -0.2) is 0 Å². The molecule has 0 heterocycles. The number of ether oxygens (including phenoxy) is 3. The van der Waals surface area contributed by atoms with E-state index in [1.807, 2.05) is 103 Å². The van der Waals surface area contributed by atoms with Crippen molar-refractivity contribution in [2.45, 2.75) is 149 Å². The Bertz CT molecular complexity index is 1530. The van der Waals surface area contributed by atoms with Crippen LogP contribution >= 0.6 is 0 Å². The highest BCUT2D eigenvalue weighted by molar-refractivity contribution is 5.71. The maximum Gasteiger partial charge on any atom is 0.306 e. The van der Waals surface area contributed by atoms with Gasteiger partial charge in [0.1, 0.15) is 13.2 Å². The van der Waals surface area contributed by atoms with Gasteiger partial charge in [-0.1, -0.05) is 204 Å². The topological polar surface area (TPSA) is 78.9 Å². The lowest BCUT2D eigenvalue weighted by atomic mass is 10.1. The second-order valence-corrected chi connectivity index (χ2v) is 14.4. The van der Waals surface area contributed by atoms with Crippen LogP contribution < -0.4 is 0 Å². The first-order chi connectivity index (χ1) is 30.5. The Balaban J connectivity index is 4.68. The zero-order valence-electron chi connectivity index (χ0n) is 38.5. The molecular formula is C56H80O6. The van der Waals surface area contributed by atoms with Crippen LogP contribution in [0.2, 0.25) is 0 Å². The van der Waals surface area contributed by atoms with Gasteiger partial charge in [-0.2, -0.15) is 0 Å². The molecule has 0 aromatic heterocycles. The Morgan fingerprint density at radius 1 is 0.339 bits per heavy atom. The minimum Gasteiger partial charge on any atom is -0.462 e. The third kappa shape index (κ3) is 45.8. The first kappa shape index (κ1) is 56.8. The van der Waals surface area contributed by atoms with Gasteiger partial charge in [0.2, 0.25) is 0 Å². The van der Waals surface area contributed by atoms with Gasteiger partial charge in [0, 0.05) is 19.3 Å². The average molecular weight is 849 g/mol. The van der Waals surface area contributed by atoms with Crippen LogP contribution in [0.5, 0.6) is 0 Å². The number of carbonyl (C=O) groups excluding carboxylic acids is 3. The van der Waals surface area contributed by atoms with Crippen molar-refractivity contribution >= 4 is 17.9 Å². The largest absolute Gasteiger partial charge is 0.462 e. The van der Waals surface area contributed by atoms with Gasteiger partial charge in [-0.15, -0.1) is 0 Å². The van der Waals surface area contributed by atoms with Crippen LogP contribution in [0, 0.1) is 0 Å². The lowest BCUT2D eigenvalue weighted by Crippen LogP contribution is -2.30. The van der Waals surface area contributed by atoms with E-state index >= 15 is 0 Å². The molecule has 0 aromatic carbocycles. The van der Waals surface area contributed by atoms with E-state index in [2.05, 4.69) is 87.6 Å². The number of hydrogen-bond acceptors (Lipinski definition) is 6. The first-order valence-electron chi connectivity index (χ1n) is 23.3. The predicted molar refractivity (Wildman–Crippen MR) is 265 cm³/mol. The summed E-state index contributed by atoms with van der Waals surface area (Å²) in [7, 11) is 0. The summed E-state index contributed by atoms with van der Waals surface area (Å²) in [4.78, 5) is 37.8. The van der Waals surface area contributed by atoms with E-state index in [0.717, 1.165) is 89.9 Å². The highest BCUT2D eigenvalue weighted by Gasteiger charge is 2.19. The maximum absolute atomic E-state index is 12.7. The molecule has 0 spiro atoms. The zero-order chi connectivity index (χ0) is 45.1. The number of carbonyl (C=O) groups is 3. The van der Waals surface area contributed by atoms with Gasteiger partial charge in [0.15, 0.2) is 6.10 Å². The standard InChI is InChI=1S/C56H80O6/c1-4-7-10-13-16-19-22-25-27-29-31-34-37-40-43-46-49-55(58)61-52-53(51-60-54(57)48-45-42-39-36-33-30-24-21-18-15-12-9-6-3)62-56(59)50-47-44-41-38-35-32-28-26-23-20-17-14-11-8-5-2/h7-12,14-21,23-28,30-36,39,53H,4-6,13,22,29,37-38,40-52H2,1-3H3/b10-7-,11-8-,12-9-,17-14-,18-15-,19-16-,23-20-,24-21-,27-25-,28-26-,33-30-,34-31-,35-32-,39-36-. The predicted octanol–water partition coefficient (Wildman–Crippen LogP) is 15.2. The van der Waals surface area contributed by atoms with E-state index in [9.17, 15) is 14.4 Å². The second kappa shape index (κ2) is 48.4. The molecule has 1 unspecified atom stereocenters. The lowest BCUT2D eigenvalue weighted by Gasteiger charge is -2.18. The van der Waals surface area contributed by atoms with Crippen LogP contribution in [0.3, 0.4) is 0 Å². The molecule has 0 aromatic rings. The van der Waals surface area contributed by atoms with E-state index in [1.165, 1.54) is 0 Å². The maximum atomic E-state index is 12.7. The van der Waals surface area contributed by atoms with Crippen molar-refractivity contribution in [3.63, 3.8) is 0 Å². The normalized spacial score (nSPS) is 13.7. The van der Waals surface area contributed by atoms with Crippen molar-refractivity contribution in [1.29, 1.82) is 0 Å². The van der Waals surface area contributed by atoms with Gasteiger partial charge in [-0.3, -0.25) is 14.4 Å². The van der Waals surface area contributed by atoms with E-state index < -0.39 is 6.10 Å². The molecule has 0 aliphatic rings. The van der Waals surface area contributed by atoms with Crippen LogP contribution in [-0.2, 0) is 28.6 Å². The molecule has 0 fully saturated rings. The molecule has 6 nitrogen and oxygen atoms in total. The van der Waals surface area contributed by atoms with Crippen LogP contribution in [0.15, 0.2) is 170 Å². The van der Waals surface area contributed by atoms with Crippen molar-refractivity contribution in [3.8, 4) is 0 Å². The molecule has 62 heavy (non-hydrogen) atoms. The summed E-state index contributed by atoms with van der Waals surface area (Å²) < 4.78 is 16.6. The average Bonchev–Trinajstić information content (AvgIpc) is 3.27. The first-order valence-corrected chi connectivity index (χ1v) is 23.3. The molecule has 0 saturated carbocycles. The van der Waals surface area contributed by atoms with Gasteiger partial charge < -0.3 is 14.2 Å². The van der Waals surface area contributed by atoms with Crippen molar-refractivity contribution < 1.29 is 28.6 Å². The number of allylic oxidation sites excluding steroid dienone is 28. The summed E-state index contributed by atoms with van der Waals surface area (Å²) in [5.74, 6) is -1.11. The van der Waals surface area contributed by atoms with E-state index in [-0.39, 0.29) is 50.4 Å². The van der Waals surface area contributed by atoms with Gasteiger partial charge in [0.25, 0.3) is 0 Å². The summed E-state index contributed by atoms with van der Waals surface area (Å²) in [5, 5.41) is 0. The fraction of sp³-hybridized carbons (Fsp3) is 0.446. The number of esters is 3. The monoisotopic (exact) mass is 849 g/mol. The Hall–Kier alpha value is -5.23. The summed E-state index contributed by atoms with van der Waals surface area (Å²) in [6, 6.07) is 0. The Labute approximate surface area is 377 Å². The number of rotatable bonds is 38. The molecule has 0 rings (SSSR count). The van der Waals surface area contributed by atoms with Crippen LogP contribution in [0.25, 0.3) is 0 Å². The molecule has 340 valence electrons. The highest BCUT2D eigenvalue weighted by atomic mass is 16.6. The van der Waals surface area contributed by atoms with Crippen molar-refractivity contribution in [1.82, 2.24) is 0 Å². The Kier molecular flexibility index (Phi) is 44.4. The van der Waals surface area contributed by atoms with E-state index in [1.54, 1.807) is 0 Å². The molecule has 0 N–H and O–H groups in total. The smallest absolute Gasteiger partial charge is 0.306 e. The minimum atomic E-state index is -0.851. The summed E-state index contributed by atoms with van der Waals surface area (Å²) in [6.07, 6.45) is 72.0. The summed E-state index contributed by atoms with van der Waals surface area (Å²) in [5.41, 5.74) is 0. The number of hydrogen-bond donors (Lipinski definition) is 0. The van der Waals surface area contributed by atoms with E-state index in [0.29, 0.717) is 12.8 Å². The van der Waals surface area contributed by atoms with Gasteiger partial charge >= 0.3 is 17.9 Å². The molecule has 0 amide bonds. The quantitative estimate of drug-likeness (QED) is 0.0202. The fourth-order valence-corrected chi connectivity index (χ4v) is 5.30. The summed E-state index contributed by atoms with van der Waals surface area (Å²) >= 11 is 0.